The molecule has 0 bridgehead atoms. The number of anilines is 1. The molecule has 3 amide bonds. The van der Waals surface area contributed by atoms with Gasteiger partial charge in [0.05, 0.1) is 21.7 Å². The quantitative estimate of drug-likeness (QED) is 0.522. The zero-order chi connectivity index (χ0) is 16.7. The molecule has 1 aliphatic rings. The Balaban J connectivity index is 2.12. The lowest BCUT2D eigenvalue weighted by Gasteiger charge is -2.14. The third kappa shape index (κ3) is 2.13. The zero-order valence-corrected chi connectivity index (χ0v) is 11.6. The summed E-state index contributed by atoms with van der Waals surface area (Å²) in [6, 6.07) is 9.62. The number of rotatable bonds is 3. The highest BCUT2D eigenvalue weighted by atomic mass is 16.6. The van der Waals surface area contributed by atoms with Crippen LogP contribution >= 0.6 is 0 Å². The summed E-state index contributed by atoms with van der Waals surface area (Å²) in [7, 11) is 0. The molecule has 0 radical (unpaired) electrons. The van der Waals surface area contributed by atoms with Gasteiger partial charge in [-0.2, -0.15) is 0 Å². The number of nitrogens with zero attached hydrogens (tertiary/aromatic N) is 2. The molecule has 0 unspecified atom stereocenters. The molecule has 0 fully saturated rings. The van der Waals surface area contributed by atoms with Gasteiger partial charge in [0.25, 0.3) is 23.4 Å². The Morgan fingerprint density at radius 1 is 1.04 bits per heavy atom. The zero-order valence-electron chi connectivity index (χ0n) is 11.6. The SMILES string of the molecule is NC(=O)c1ccc(N2C(=O)c3ccccc3C2=O)cc1[N+](=O)[O-]. The van der Waals surface area contributed by atoms with Crippen molar-refractivity contribution in [3.05, 3.63) is 69.3 Å². The molecule has 8 heteroatoms. The number of carbonyl (C=O) groups is 3. The fourth-order valence-corrected chi connectivity index (χ4v) is 2.44. The van der Waals surface area contributed by atoms with Crippen molar-refractivity contribution in [1.29, 1.82) is 0 Å². The van der Waals surface area contributed by atoms with Crippen molar-refractivity contribution in [1.82, 2.24) is 0 Å². The number of nitro groups is 1. The van der Waals surface area contributed by atoms with Crippen LogP contribution in [0.1, 0.15) is 31.1 Å². The van der Waals surface area contributed by atoms with Crippen LogP contribution in [-0.4, -0.2) is 22.6 Å². The molecule has 2 aromatic carbocycles. The Hall–Kier alpha value is -3.55. The minimum Gasteiger partial charge on any atom is -0.365 e. The number of nitro benzene ring substituents is 1. The lowest BCUT2D eigenvalue weighted by molar-refractivity contribution is -0.385. The van der Waals surface area contributed by atoms with E-state index in [1.165, 1.54) is 18.2 Å². The van der Waals surface area contributed by atoms with Crippen LogP contribution in [0.3, 0.4) is 0 Å². The number of primary amides is 1. The molecule has 2 aromatic rings. The summed E-state index contributed by atoms with van der Waals surface area (Å²) in [6.45, 7) is 0. The molecule has 0 saturated carbocycles. The van der Waals surface area contributed by atoms with Crippen molar-refractivity contribution in [2.24, 2.45) is 5.73 Å². The van der Waals surface area contributed by atoms with Gasteiger partial charge < -0.3 is 5.73 Å². The van der Waals surface area contributed by atoms with Crippen LogP contribution in [0.5, 0.6) is 0 Å². The van der Waals surface area contributed by atoms with Crippen LogP contribution in [0, 0.1) is 10.1 Å². The third-order valence-corrected chi connectivity index (χ3v) is 3.50. The molecule has 0 saturated heterocycles. The van der Waals surface area contributed by atoms with Gasteiger partial charge in [-0.3, -0.25) is 24.5 Å². The third-order valence-electron chi connectivity index (χ3n) is 3.50. The van der Waals surface area contributed by atoms with Crippen LogP contribution in [0.15, 0.2) is 42.5 Å². The van der Waals surface area contributed by atoms with Crippen molar-refractivity contribution in [2.75, 3.05) is 4.90 Å². The van der Waals surface area contributed by atoms with Gasteiger partial charge in [-0.25, -0.2) is 4.90 Å². The molecule has 0 aliphatic carbocycles. The predicted octanol–water partition coefficient (Wildman–Crippen LogP) is 1.49. The Bertz CT molecular complexity index is 855. The van der Waals surface area contributed by atoms with E-state index in [2.05, 4.69) is 0 Å². The minimum atomic E-state index is -0.967. The van der Waals surface area contributed by atoms with Gasteiger partial charge >= 0.3 is 0 Å². The van der Waals surface area contributed by atoms with Gasteiger partial charge in [0, 0.05) is 6.07 Å². The predicted molar refractivity (Wildman–Crippen MR) is 79.2 cm³/mol. The van der Waals surface area contributed by atoms with E-state index in [0.29, 0.717) is 0 Å². The van der Waals surface area contributed by atoms with E-state index in [0.717, 1.165) is 17.0 Å². The Kier molecular flexibility index (Phi) is 3.14. The summed E-state index contributed by atoms with van der Waals surface area (Å²) in [5.74, 6) is -2.12. The van der Waals surface area contributed by atoms with Crippen LogP contribution in [0.2, 0.25) is 0 Å². The molecule has 1 heterocycles. The van der Waals surface area contributed by atoms with E-state index in [4.69, 9.17) is 5.73 Å². The number of hydrogen-bond acceptors (Lipinski definition) is 5. The van der Waals surface area contributed by atoms with Gasteiger partial charge in [-0.15, -0.1) is 0 Å². The van der Waals surface area contributed by atoms with Crippen LogP contribution in [0.25, 0.3) is 0 Å². The number of amides is 3. The highest BCUT2D eigenvalue weighted by Crippen LogP contribution is 2.31. The largest absolute Gasteiger partial charge is 0.365 e. The Labute approximate surface area is 129 Å². The number of hydrogen-bond donors (Lipinski definition) is 1. The number of fused-ring (bicyclic) bond motifs is 1. The lowest BCUT2D eigenvalue weighted by Crippen LogP contribution is -2.29. The molecule has 23 heavy (non-hydrogen) atoms. The van der Waals surface area contributed by atoms with Gasteiger partial charge in [-0.1, -0.05) is 12.1 Å². The van der Waals surface area contributed by atoms with E-state index < -0.39 is 28.3 Å². The summed E-state index contributed by atoms with van der Waals surface area (Å²) >= 11 is 0. The first-order valence-electron chi connectivity index (χ1n) is 6.48. The van der Waals surface area contributed by atoms with E-state index in [1.54, 1.807) is 12.1 Å². The molecule has 8 nitrogen and oxygen atoms in total. The summed E-state index contributed by atoms with van der Waals surface area (Å²) in [6.07, 6.45) is 0. The van der Waals surface area contributed by atoms with Crippen molar-refractivity contribution in [2.45, 2.75) is 0 Å². The van der Waals surface area contributed by atoms with Gasteiger partial charge in [0.15, 0.2) is 0 Å². The van der Waals surface area contributed by atoms with E-state index in [-0.39, 0.29) is 22.4 Å². The van der Waals surface area contributed by atoms with E-state index in [1.807, 2.05) is 0 Å². The molecule has 114 valence electrons. The maximum Gasteiger partial charge on any atom is 0.284 e. The molecular formula is C15H9N3O5. The smallest absolute Gasteiger partial charge is 0.284 e. The maximum atomic E-state index is 12.4. The second-order valence-electron chi connectivity index (χ2n) is 4.81. The van der Waals surface area contributed by atoms with Crippen molar-refractivity contribution in [3.8, 4) is 0 Å². The number of nitrogens with two attached hydrogens (primary N) is 1. The molecule has 3 rings (SSSR count). The van der Waals surface area contributed by atoms with Gasteiger partial charge in [0.2, 0.25) is 0 Å². The van der Waals surface area contributed by atoms with E-state index in [9.17, 15) is 24.5 Å². The molecular weight excluding hydrogens is 302 g/mol. The van der Waals surface area contributed by atoms with Crippen LogP contribution < -0.4 is 10.6 Å². The average Bonchev–Trinajstić information content (AvgIpc) is 2.78. The fourth-order valence-electron chi connectivity index (χ4n) is 2.44. The van der Waals surface area contributed by atoms with Crippen LogP contribution in [0.4, 0.5) is 11.4 Å². The number of benzene rings is 2. The molecule has 0 spiro atoms. The number of imide groups is 1. The van der Waals surface area contributed by atoms with Crippen molar-refractivity contribution in [3.63, 3.8) is 0 Å². The normalized spacial score (nSPS) is 13.1. The summed E-state index contributed by atoms with van der Waals surface area (Å²) < 4.78 is 0. The maximum absolute atomic E-state index is 12.4. The molecule has 1 aliphatic heterocycles. The first-order chi connectivity index (χ1) is 10.9. The fraction of sp³-hybridized carbons (Fsp3) is 0. The minimum absolute atomic E-state index is 0.00731. The van der Waals surface area contributed by atoms with Gasteiger partial charge in [0.1, 0.15) is 5.56 Å². The monoisotopic (exact) mass is 311 g/mol. The highest BCUT2D eigenvalue weighted by molar-refractivity contribution is 6.34. The topological polar surface area (TPSA) is 124 Å². The Morgan fingerprint density at radius 2 is 1.61 bits per heavy atom. The van der Waals surface area contributed by atoms with E-state index >= 15 is 0 Å². The summed E-state index contributed by atoms with van der Waals surface area (Å²) in [5.41, 5.74) is 4.68. The first kappa shape index (κ1) is 14.4. The van der Waals surface area contributed by atoms with Gasteiger partial charge in [-0.05, 0) is 24.3 Å². The standard InChI is InChI=1S/C15H9N3O5/c16-13(19)11-6-5-8(7-12(11)18(22)23)17-14(20)9-3-1-2-4-10(9)15(17)21/h1-7H,(H2,16,19). The second kappa shape index (κ2) is 5.02. The molecule has 2 N–H and O–H groups in total. The van der Waals surface area contributed by atoms with Crippen molar-refractivity contribution < 1.29 is 19.3 Å². The molecule has 0 aromatic heterocycles. The highest BCUT2D eigenvalue weighted by Gasteiger charge is 2.37. The average molecular weight is 311 g/mol. The Morgan fingerprint density at radius 3 is 2.09 bits per heavy atom. The number of carbonyl (C=O) groups excluding carboxylic acids is 3. The lowest BCUT2D eigenvalue weighted by atomic mass is 10.1. The first-order valence-corrected chi connectivity index (χ1v) is 6.48. The van der Waals surface area contributed by atoms with Crippen molar-refractivity contribution >= 4 is 29.1 Å². The summed E-state index contributed by atoms with van der Waals surface area (Å²) in [5, 5.41) is 11.1. The second-order valence-corrected chi connectivity index (χ2v) is 4.81. The molecule has 0 atom stereocenters. The van der Waals surface area contributed by atoms with Crippen LogP contribution in [-0.2, 0) is 0 Å². The summed E-state index contributed by atoms with van der Waals surface area (Å²) in [4.78, 5) is 47.1.